The third-order valence-electron chi connectivity index (χ3n) is 5.56. The average Bonchev–Trinajstić information content (AvgIpc) is 3.26. The first kappa shape index (κ1) is 20.6. The predicted molar refractivity (Wildman–Crippen MR) is 121 cm³/mol. The number of aryl methyl sites for hydroxylation is 2. The third-order valence-corrected chi connectivity index (χ3v) is 5.56. The van der Waals surface area contributed by atoms with Crippen molar-refractivity contribution in [1.82, 2.24) is 20.4 Å². The van der Waals surface area contributed by atoms with E-state index in [-0.39, 0.29) is 12.1 Å². The lowest BCUT2D eigenvalue weighted by molar-refractivity contribution is 0.209. The van der Waals surface area contributed by atoms with Crippen LogP contribution in [0.2, 0.25) is 0 Å². The molecule has 4 rings (SSSR count). The molecular weight excluding hydrogens is 388 g/mol. The SMILES string of the molecule is C=CCN1C(=O)NC(c2ccc(CC)cc2)C(c2nc(-c3cccc(C)c3)no2)=C1C. The minimum absolute atomic E-state index is 0.177. The van der Waals surface area contributed by atoms with Crippen LogP contribution in [0.4, 0.5) is 4.79 Å². The van der Waals surface area contributed by atoms with Crippen molar-refractivity contribution in [2.24, 2.45) is 0 Å². The molecule has 158 valence electrons. The zero-order valence-corrected chi connectivity index (χ0v) is 18.1. The molecule has 0 fully saturated rings. The molecule has 2 heterocycles. The molecule has 6 nitrogen and oxygen atoms in total. The Balaban J connectivity index is 1.81. The van der Waals surface area contributed by atoms with Gasteiger partial charge in [-0.05, 0) is 37.5 Å². The van der Waals surface area contributed by atoms with Gasteiger partial charge < -0.3 is 9.84 Å². The topological polar surface area (TPSA) is 71.3 Å². The van der Waals surface area contributed by atoms with Crippen molar-refractivity contribution in [2.75, 3.05) is 6.54 Å². The highest BCUT2D eigenvalue weighted by atomic mass is 16.5. The summed E-state index contributed by atoms with van der Waals surface area (Å²) in [4.78, 5) is 19.1. The number of nitrogens with zero attached hydrogens (tertiary/aromatic N) is 3. The number of carbonyl (C=O) groups excluding carboxylic acids is 1. The molecule has 1 atom stereocenters. The van der Waals surface area contributed by atoms with Gasteiger partial charge in [-0.3, -0.25) is 4.90 Å². The zero-order chi connectivity index (χ0) is 22.0. The fourth-order valence-corrected chi connectivity index (χ4v) is 3.84. The number of hydrogen-bond donors (Lipinski definition) is 1. The Kier molecular flexibility index (Phi) is 5.71. The van der Waals surface area contributed by atoms with Crippen molar-refractivity contribution in [1.29, 1.82) is 0 Å². The highest BCUT2D eigenvalue weighted by molar-refractivity contribution is 5.87. The molecule has 0 saturated carbocycles. The van der Waals surface area contributed by atoms with E-state index in [0.29, 0.717) is 18.3 Å². The van der Waals surface area contributed by atoms with Crippen LogP contribution >= 0.6 is 0 Å². The standard InChI is InChI=1S/C25H26N4O2/c1-5-14-29-17(4)21(22(26-25(29)30)19-12-10-18(6-2)11-13-19)24-27-23(28-31-24)20-9-7-8-16(3)15-20/h5,7-13,15,22H,1,6,14H2,2-4H3,(H,26,30). The monoisotopic (exact) mass is 414 g/mol. The van der Waals surface area contributed by atoms with E-state index < -0.39 is 0 Å². The number of rotatable bonds is 6. The maximum absolute atomic E-state index is 12.8. The number of hydrogen-bond acceptors (Lipinski definition) is 4. The Morgan fingerprint density at radius 2 is 1.97 bits per heavy atom. The quantitative estimate of drug-likeness (QED) is 0.556. The van der Waals surface area contributed by atoms with Gasteiger partial charge in [0.2, 0.25) is 5.82 Å². The molecule has 0 spiro atoms. The summed E-state index contributed by atoms with van der Waals surface area (Å²) in [5.41, 5.74) is 5.77. The largest absolute Gasteiger partial charge is 0.334 e. The second-order valence-electron chi connectivity index (χ2n) is 7.67. The molecule has 0 saturated heterocycles. The Morgan fingerprint density at radius 1 is 1.19 bits per heavy atom. The fourth-order valence-electron chi connectivity index (χ4n) is 3.84. The second-order valence-corrected chi connectivity index (χ2v) is 7.67. The van der Waals surface area contributed by atoms with E-state index in [1.807, 2.05) is 50.2 Å². The van der Waals surface area contributed by atoms with Gasteiger partial charge in [0.1, 0.15) is 0 Å². The molecule has 6 heteroatoms. The van der Waals surface area contributed by atoms with Gasteiger partial charge in [0, 0.05) is 17.8 Å². The van der Waals surface area contributed by atoms with E-state index in [1.165, 1.54) is 5.56 Å². The van der Waals surface area contributed by atoms with Gasteiger partial charge in [-0.25, -0.2) is 4.79 Å². The van der Waals surface area contributed by atoms with E-state index in [1.54, 1.807) is 11.0 Å². The van der Waals surface area contributed by atoms with Crippen LogP contribution in [0.1, 0.15) is 42.5 Å². The molecule has 2 amide bonds. The van der Waals surface area contributed by atoms with E-state index in [2.05, 4.69) is 41.1 Å². The van der Waals surface area contributed by atoms with Gasteiger partial charge in [-0.1, -0.05) is 66.2 Å². The Bertz CT molecular complexity index is 1140. The Labute approximate surface area is 182 Å². The normalized spacial score (nSPS) is 16.4. The number of amides is 2. The van der Waals surface area contributed by atoms with Gasteiger partial charge in [0.15, 0.2) is 0 Å². The van der Waals surface area contributed by atoms with Crippen LogP contribution in [-0.2, 0) is 6.42 Å². The molecule has 1 N–H and O–H groups in total. The van der Waals surface area contributed by atoms with Gasteiger partial charge >= 0.3 is 6.03 Å². The average molecular weight is 415 g/mol. The number of nitrogens with one attached hydrogen (secondary N) is 1. The van der Waals surface area contributed by atoms with Crippen LogP contribution in [0, 0.1) is 6.92 Å². The summed E-state index contributed by atoms with van der Waals surface area (Å²) in [5, 5.41) is 7.31. The van der Waals surface area contributed by atoms with Crippen LogP contribution < -0.4 is 5.32 Å². The summed E-state index contributed by atoms with van der Waals surface area (Å²) in [6.45, 7) is 10.2. The van der Waals surface area contributed by atoms with E-state index >= 15 is 0 Å². The zero-order valence-electron chi connectivity index (χ0n) is 18.1. The van der Waals surface area contributed by atoms with Crippen LogP contribution in [0.5, 0.6) is 0 Å². The van der Waals surface area contributed by atoms with Gasteiger partial charge in [0.05, 0.1) is 11.6 Å². The van der Waals surface area contributed by atoms with E-state index in [4.69, 9.17) is 4.52 Å². The predicted octanol–water partition coefficient (Wildman–Crippen LogP) is 5.29. The van der Waals surface area contributed by atoms with Crippen molar-refractivity contribution in [2.45, 2.75) is 33.2 Å². The lowest BCUT2D eigenvalue weighted by Crippen LogP contribution is -2.46. The van der Waals surface area contributed by atoms with Crippen molar-refractivity contribution >= 4 is 11.6 Å². The van der Waals surface area contributed by atoms with Gasteiger partial charge in [-0.15, -0.1) is 6.58 Å². The number of carbonyl (C=O) groups is 1. The smallest absolute Gasteiger partial charge is 0.322 e. The van der Waals surface area contributed by atoms with Crippen LogP contribution in [0.3, 0.4) is 0 Å². The lowest BCUT2D eigenvalue weighted by Gasteiger charge is -2.34. The van der Waals surface area contributed by atoms with Gasteiger partial charge in [0.25, 0.3) is 5.89 Å². The molecule has 0 bridgehead atoms. The van der Waals surface area contributed by atoms with Crippen molar-refractivity contribution in [3.8, 4) is 11.4 Å². The van der Waals surface area contributed by atoms with Crippen LogP contribution in [0.15, 0.2) is 71.4 Å². The summed E-state index contributed by atoms with van der Waals surface area (Å²) in [6.07, 6.45) is 2.65. The molecule has 3 aromatic rings. The van der Waals surface area contributed by atoms with Crippen LogP contribution in [-0.4, -0.2) is 27.6 Å². The van der Waals surface area contributed by atoms with Crippen molar-refractivity contribution < 1.29 is 9.32 Å². The summed E-state index contributed by atoms with van der Waals surface area (Å²) in [6, 6.07) is 15.6. The summed E-state index contributed by atoms with van der Waals surface area (Å²) in [5.74, 6) is 0.916. The van der Waals surface area contributed by atoms with E-state index in [0.717, 1.165) is 34.4 Å². The highest BCUT2D eigenvalue weighted by Crippen LogP contribution is 2.37. The lowest BCUT2D eigenvalue weighted by atomic mass is 9.93. The molecule has 1 aromatic heterocycles. The first-order chi connectivity index (χ1) is 15.0. The summed E-state index contributed by atoms with van der Waals surface area (Å²) >= 11 is 0. The minimum atomic E-state index is -0.384. The first-order valence-corrected chi connectivity index (χ1v) is 10.4. The summed E-state index contributed by atoms with van der Waals surface area (Å²) in [7, 11) is 0. The number of benzene rings is 2. The molecule has 31 heavy (non-hydrogen) atoms. The van der Waals surface area contributed by atoms with Crippen molar-refractivity contribution in [3.05, 3.63) is 89.5 Å². The first-order valence-electron chi connectivity index (χ1n) is 10.4. The van der Waals surface area contributed by atoms with E-state index in [9.17, 15) is 4.79 Å². The minimum Gasteiger partial charge on any atom is -0.334 e. The Morgan fingerprint density at radius 3 is 2.65 bits per heavy atom. The molecule has 1 aliphatic rings. The molecule has 0 radical (unpaired) electrons. The molecule has 0 aliphatic carbocycles. The van der Waals surface area contributed by atoms with Crippen LogP contribution in [0.25, 0.3) is 17.0 Å². The van der Waals surface area contributed by atoms with Crippen molar-refractivity contribution in [3.63, 3.8) is 0 Å². The third kappa shape index (κ3) is 4.01. The molecular formula is C25H26N4O2. The number of allylic oxidation sites excluding steroid dienone is 1. The Hall–Kier alpha value is -3.67. The maximum atomic E-state index is 12.8. The van der Waals surface area contributed by atoms with Gasteiger partial charge in [-0.2, -0.15) is 4.98 Å². The fraction of sp³-hybridized carbons (Fsp3) is 0.240. The maximum Gasteiger partial charge on any atom is 0.322 e. The number of urea groups is 1. The summed E-state index contributed by atoms with van der Waals surface area (Å²) < 4.78 is 5.70. The molecule has 1 unspecified atom stereocenters. The second kappa shape index (κ2) is 8.60. The highest BCUT2D eigenvalue weighted by Gasteiger charge is 2.35. The number of aromatic nitrogens is 2. The molecule has 1 aliphatic heterocycles. The molecule has 2 aromatic carbocycles.